The molecule has 3 atom stereocenters. The van der Waals surface area contributed by atoms with Crippen molar-refractivity contribution < 1.29 is 14.3 Å². The molecule has 0 saturated carbocycles. The largest absolute Gasteiger partial charge is 0.492 e. The third-order valence-corrected chi connectivity index (χ3v) is 7.51. The zero-order valence-electron chi connectivity index (χ0n) is 21.1. The van der Waals surface area contributed by atoms with E-state index >= 15 is 0 Å². The number of fused-ring (bicyclic) bond motifs is 1. The van der Waals surface area contributed by atoms with Crippen LogP contribution in [0.25, 0.3) is 0 Å². The quantitative estimate of drug-likeness (QED) is 0.348. The van der Waals surface area contributed by atoms with Crippen molar-refractivity contribution in [2.75, 3.05) is 26.2 Å². The second kappa shape index (κ2) is 11.3. The highest BCUT2D eigenvalue weighted by Crippen LogP contribution is 2.47. The molecule has 0 radical (unpaired) electrons. The number of ether oxygens (including phenoxy) is 2. The van der Waals surface area contributed by atoms with Crippen molar-refractivity contribution >= 4 is 5.97 Å². The number of benzene rings is 3. The van der Waals surface area contributed by atoms with E-state index in [9.17, 15) is 4.79 Å². The SMILES string of the molecule is CC(N)C(=O)Oc1ccc2c(c1)CC[C@H](c1ccccc1)[C@@H]2c1ccc(OCCN2CCCC2)cc1. The minimum Gasteiger partial charge on any atom is -0.492 e. The standard InChI is InChI=1S/C31H36N2O3/c1-22(32)31(34)36-27-14-16-29-25(21-27)11-15-28(23-7-3-2-4-8-23)30(29)24-9-12-26(13-10-24)35-20-19-33-17-5-6-18-33/h2-4,7-10,12-14,16,21-22,28,30H,5-6,11,15,17-20,32H2,1H3/t22?,28-,30+/m1/s1. The Bertz CT molecular complexity index is 1150. The van der Waals surface area contributed by atoms with E-state index in [2.05, 4.69) is 65.6 Å². The summed E-state index contributed by atoms with van der Waals surface area (Å²) in [6.45, 7) is 5.73. The van der Waals surface area contributed by atoms with E-state index < -0.39 is 12.0 Å². The molecule has 5 nitrogen and oxygen atoms in total. The molecule has 188 valence electrons. The van der Waals surface area contributed by atoms with Crippen LogP contribution >= 0.6 is 0 Å². The van der Waals surface area contributed by atoms with Crippen LogP contribution in [0, 0.1) is 0 Å². The first-order chi connectivity index (χ1) is 17.6. The minimum absolute atomic E-state index is 0.216. The maximum atomic E-state index is 12.0. The van der Waals surface area contributed by atoms with Gasteiger partial charge in [0.15, 0.2) is 0 Å². The van der Waals surface area contributed by atoms with E-state index in [4.69, 9.17) is 15.2 Å². The van der Waals surface area contributed by atoms with Crippen molar-refractivity contribution in [2.45, 2.75) is 50.5 Å². The minimum atomic E-state index is -0.646. The van der Waals surface area contributed by atoms with Gasteiger partial charge in [0.05, 0.1) is 0 Å². The molecule has 1 saturated heterocycles. The van der Waals surface area contributed by atoms with Gasteiger partial charge in [-0.3, -0.25) is 4.90 Å². The summed E-state index contributed by atoms with van der Waals surface area (Å²) in [5.74, 6) is 1.66. The van der Waals surface area contributed by atoms with Crippen LogP contribution in [0.3, 0.4) is 0 Å². The molecule has 0 bridgehead atoms. The van der Waals surface area contributed by atoms with E-state index in [-0.39, 0.29) is 5.92 Å². The van der Waals surface area contributed by atoms with Crippen LogP contribution in [0.2, 0.25) is 0 Å². The number of esters is 1. The number of likely N-dealkylation sites (tertiary alicyclic amines) is 1. The lowest BCUT2D eigenvalue weighted by Crippen LogP contribution is -2.31. The van der Waals surface area contributed by atoms with E-state index in [1.807, 2.05) is 12.1 Å². The van der Waals surface area contributed by atoms with Gasteiger partial charge in [-0.25, -0.2) is 4.79 Å². The molecule has 2 aliphatic rings. The van der Waals surface area contributed by atoms with Crippen LogP contribution in [0.1, 0.15) is 60.3 Å². The summed E-state index contributed by atoms with van der Waals surface area (Å²) >= 11 is 0. The Morgan fingerprint density at radius 3 is 2.42 bits per heavy atom. The Kier molecular flexibility index (Phi) is 7.69. The average Bonchev–Trinajstić information content (AvgIpc) is 3.42. The fraction of sp³-hybridized carbons (Fsp3) is 0.387. The summed E-state index contributed by atoms with van der Waals surface area (Å²) in [6.07, 6.45) is 4.57. The van der Waals surface area contributed by atoms with Crippen LogP contribution < -0.4 is 15.2 Å². The molecule has 0 aromatic heterocycles. The zero-order chi connectivity index (χ0) is 24.9. The highest BCUT2D eigenvalue weighted by molar-refractivity contribution is 5.77. The number of hydrogen-bond donors (Lipinski definition) is 1. The smallest absolute Gasteiger partial charge is 0.328 e. The third kappa shape index (κ3) is 5.63. The second-order valence-corrected chi connectivity index (χ2v) is 10.1. The van der Waals surface area contributed by atoms with E-state index in [0.29, 0.717) is 11.7 Å². The molecule has 1 aliphatic carbocycles. The van der Waals surface area contributed by atoms with Crippen LogP contribution in [0.15, 0.2) is 72.8 Å². The lowest BCUT2D eigenvalue weighted by atomic mass is 9.69. The topological polar surface area (TPSA) is 64.8 Å². The Balaban J connectivity index is 1.39. The highest BCUT2D eigenvalue weighted by atomic mass is 16.5. The molecule has 0 spiro atoms. The fourth-order valence-corrected chi connectivity index (χ4v) is 5.61. The van der Waals surface area contributed by atoms with Crippen LogP contribution in [-0.4, -0.2) is 43.2 Å². The van der Waals surface area contributed by atoms with Crippen molar-refractivity contribution in [3.05, 3.63) is 95.1 Å². The number of aryl methyl sites for hydroxylation is 1. The first-order valence-corrected chi connectivity index (χ1v) is 13.2. The summed E-state index contributed by atoms with van der Waals surface area (Å²) in [5, 5.41) is 0. The summed E-state index contributed by atoms with van der Waals surface area (Å²) < 4.78 is 11.6. The Hall–Kier alpha value is -3.15. The molecule has 36 heavy (non-hydrogen) atoms. The van der Waals surface area contributed by atoms with Gasteiger partial charge in [0, 0.05) is 12.5 Å². The highest BCUT2D eigenvalue weighted by Gasteiger charge is 2.32. The maximum Gasteiger partial charge on any atom is 0.328 e. The summed E-state index contributed by atoms with van der Waals surface area (Å²) in [6, 6.07) is 24.8. The van der Waals surface area contributed by atoms with Crippen molar-refractivity contribution in [1.82, 2.24) is 4.90 Å². The predicted molar refractivity (Wildman–Crippen MR) is 143 cm³/mol. The number of hydrogen-bond acceptors (Lipinski definition) is 5. The molecule has 3 aromatic rings. The number of nitrogens with two attached hydrogens (primary N) is 1. The molecule has 3 aromatic carbocycles. The summed E-state index contributed by atoms with van der Waals surface area (Å²) in [4.78, 5) is 14.5. The normalized spacial score (nSPS) is 20.5. The summed E-state index contributed by atoms with van der Waals surface area (Å²) in [7, 11) is 0. The monoisotopic (exact) mass is 484 g/mol. The molecule has 2 N–H and O–H groups in total. The molecule has 1 aliphatic heterocycles. The average molecular weight is 485 g/mol. The lowest BCUT2D eigenvalue weighted by molar-refractivity contribution is -0.135. The van der Waals surface area contributed by atoms with Gasteiger partial charge in [0.2, 0.25) is 0 Å². The van der Waals surface area contributed by atoms with Crippen LogP contribution in [0.5, 0.6) is 11.5 Å². The van der Waals surface area contributed by atoms with Gasteiger partial charge in [0.1, 0.15) is 24.1 Å². The van der Waals surface area contributed by atoms with Gasteiger partial charge in [-0.15, -0.1) is 0 Å². The molecule has 0 amide bonds. The van der Waals surface area contributed by atoms with E-state index in [1.54, 1.807) is 6.92 Å². The number of carbonyl (C=O) groups excluding carboxylic acids is 1. The Morgan fingerprint density at radius 1 is 0.972 bits per heavy atom. The van der Waals surface area contributed by atoms with Gasteiger partial charge < -0.3 is 15.2 Å². The molecular weight excluding hydrogens is 448 g/mol. The summed E-state index contributed by atoms with van der Waals surface area (Å²) in [5.41, 5.74) is 10.8. The lowest BCUT2D eigenvalue weighted by Gasteiger charge is -2.35. The molecule has 1 unspecified atom stereocenters. The maximum absolute atomic E-state index is 12.0. The first kappa shape index (κ1) is 24.5. The van der Waals surface area contributed by atoms with Gasteiger partial charge in [-0.2, -0.15) is 0 Å². The van der Waals surface area contributed by atoms with Crippen LogP contribution in [0.4, 0.5) is 0 Å². The van der Waals surface area contributed by atoms with Crippen molar-refractivity contribution in [3.63, 3.8) is 0 Å². The van der Waals surface area contributed by atoms with Gasteiger partial charge >= 0.3 is 5.97 Å². The molecule has 5 rings (SSSR count). The van der Waals surface area contributed by atoms with Crippen LogP contribution in [-0.2, 0) is 11.2 Å². The van der Waals surface area contributed by atoms with Gasteiger partial charge in [0.25, 0.3) is 0 Å². The Labute approximate surface area is 214 Å². The fourth-order valence-electron chi connectivity index (χ4n) is 5.61. The van der Waals surface area contributed by atoms with E-state index in [0.717, 1.165) is 31.7 Å². The zero-order valence-corrected chi connectivity index (χ0v) is 21.1. The van der Waals surface area contributed by atoms with Crippen molar-refractivity contribution in [2.24, 2.45) is 5.73 Å². The van der Waals surface area contributed by atoms with Gasteiger partial charge in [-0.05, 0) is 98.1 Å². The molecule has 1 heterocycles. The van der Waals surface area contributed by atoms with Gasteiger partial charge in [-0.1, -0.05) is 48.5 Å². The van der Waals surface area contributed by atoms with Crippen molar-refractivity contribution in [1.29, 1.82) is 0 Å². The number of rotatable bonds is 8. The molecule has 1 fully saturated rings. The number of carbonyl (C=O) groups is 1. The predicted octanol–water partition coefficient (Wildman–Crippen LogP) is 5.28. The first-order valence-electron chi connectivity index (χ1n) is 13.2. The van der Waals surface area contributed by atoms with Crippen molar-refractivity contribution in [3.8, 4) is 11.5 Å². The number of nitrogens with zero attached hydrogens (tertiary/aromatic N) is 1. The second-order valence-electron chi connectivity index (χ2n) is 10.1. The third-order valence-electron chi connectivity index (χ3n) is 7.51. The molecule has 5 heteroatoms. The Morgan fingerprint density at radius 2 is 1.69 bits per heavy atom. The van der Waals surface area contributed by atoms with E-state index in [1.165, 1.54) is 48.2 Å². The molecular formula is C31H36N2O3.